The molecule has 0 saturated carbocycles. The fraction of sp³-hybridized carbons (Fsp3) is 0.385. The maximum atomic E-state index is 12.0. The van der Waals surface area contributed by atoms with Gasteiger partial charge in [0.15, 0.2) is 5.82 Å². The van der Waals surface area contributed by atoms with E-state index in [1.165, 1.54) is 0 Å². The van der Waals surface area contributed by atoms with Crippen LogP contribution in [-0.4, -0.2) is 32.2 Å². The highest BCUT2D eigenvalue weighted by molar-refractivity contribution is 5.92. The molecule has 106 valence electrons. The summed E-state index contributed by atoms with van der Waals surface area (Å²) in [6.07, 6.45) is 4.24. The van der Waals surface area contributed by atoms with Crippen molar-refractivity contribution in [3.63, 3.8) is 0 Å². The fourth-order valence-electron chi connectivity index (χ4n) is 1.65. The highest BCUT2D eigenvalue weighted by Gasteiger charge is 2.09. The Morgan fingerprint density at radius 3 is 3.00 bits per heavy atom. The molecule has 0 aromatic carbocycles. The monoisotopic (exact) mass is 274 g/mol. The summed E-state index contributed by atoms with van der Waals surface area (Å²) in [5.41, 5.74) is 1.28. The molecule has 0 radical (unpaired) electrons. The molecule has 0 fully saturated rings. The summed E-state index contributed by atoms with van der Waals surface area (Å²) in [7, 11) is 1.83. The molecule has 0 unspecified atom stereocenters. The summed E-state index contributed by atoms with van der Waals surface area (Å²) in [5, 5.41) is 13.7. The molecule has 2 aromatic rings. The molecule has 7 heteroatoms. The first kappa shape index (κ1) is 14.0. The summed E-state index contributed by atoms with van der Waals surface area (Å²) in [4.78, 5) is 16.1. The van der Waals surface area contributed by atoms with Gasteiger partial charge in [0.25, 0.3) is 5.91 Å². The minimum atomic E-state index is -0.229. The van der Waals surface area contributed by atoms with Crippen LogP contribution in [0.1, 0.15) is 29.7 Å². The van der Waals surface area contributed by atoms with Crippen LogP contribution in [0.3, 0.4) is 0 Å². The van der Waals surface area contributed by atoms with Crippen LogP contribution in [0.4, 0.5) is 5.69 Å². The number of rotatable bonds is 6. The highest BCUT2D eigenvalue weighted by Crippen LogP contribution is 2.08. The predicted molar refractivity (Wildman–Crippen MR) is 75.2 cm³/mol. The van der Waals surface area contributed by atoms with Crippen molar-refractivity contribution in [2.75, 3.05) is 11.9 Å². The molecule has 2 N–H and O–H groups in total. The summed E-state index contributed by atoms with van der Waals surface area (Å²) < 4.78 is 1.76. The smallest absolute Gasteiger partial charge is 0.270 e. The molecule has 0 atom stereocenters. The zero-order valence-corrected chi connectivity index (χ0v) is 11.6. The lowest BCUT2D eigenvalue weighted by Gasteiger charge is -2.07. The number of amides is 1. The number of nitrogens with zero attached hydrogens (tertiary/aromatic N) is 4. The van der Waals surface area contributed by atoms with Crippen molar-refractivity contribution in [1.29, 1.82) is 0 Å². The van der Waals surface area contributed by atoms with Gasteiger partial charge in [0.05, 0.1) is 6.54 Å². The van der Waals surface area contributed by atoms with E-state index in [1.54, 1.807) is 23.2 Å². The van der Waals surface area contributed by atoms with Gasteiger partial charge in [0.1, 0.15) is 12.0 Å². The van der Waals surface area contributed by atoms with Crippen LogP contribution in [0.5, 0.6) is 0 Å². The second-order valence-corrected chi connectivity index (χ2v) is 4.40. The third-order valence-corrected chi connectivity index (χ3v) is 2.78. The minimum absolute atomic E-state index is 0.229. The quantitative estimate of drug-likeness (QED) is 0.819. The van der Waals surface area contributed by atoms with Crippen molar-refractivity contribution in [2.45, 2.75) is 19.9 Å². The van der Waals surface area contributed by atoms with Crippen molar-refractivity contribution >= 4 is 11.6 Å². The molecule has 0 aliphatic rings. The third-order valence-electron chi connectivity index (χ3n) is 2.78. The number of hydrogen-bond donors (Lipinski definition) is 2. The second kappa shape index (κ2) is 6.65. The average Bonchev–Trinajstić information content (AvgIpc) is 2.88. The Hall–Kier alpha value is -2.44. The first-order valence-corrected chi connectivity index (χ1v) is 6.51. The van der Waals surface area contributed by atoms with Crippen molar-refractivity contribution in [3.8, 4) is 0 Å². The molecular weight excluding hydrogens is 256 g/mol. The van der Waals surface area contributed by atoms with Gasteiger partial charge in [-0.2, -0.15) is 0 Å². The van der Waals surface area contributed by atoms with E-state index >= 15 is 0 Å². The number of pyridine rings is 1. The van der Waals surface area contributed by atoms with Gasteiger partial charge in [-0.05, 0) is 18.6 Å². The topological polar surface area (TPSA) is 84.7 Å². The van der Waals surface area contributed by atoms with Crippen molar-refractivity contribution in [3.05, 3.63) is 36.2 Å². The van der Waals surface area contributed by atoms with E-state index in [0.717, 1.165) is 18.7 Å². The van der Waals surface area contributed by atoms with Gasteiger partial charge in [0.2, 0.25) is 0 Å². The molecule has 2 aromatic heterocycles. The molecule has 0 spiro atoms. The normalized spacial score (nSPS) is 10.3. The molecule has 2 rings (SSSR count). The molecule has 7 nitrogen and oxygen atoms in total. The first-order valence-electron chi connectivity index (χ1n) is 6.51. The number of anilines is 1. The Kier molecular flexibility index (Phi) is 4.65. The van der Waals surface area contributed by atoms with Gasteiger partial charge in [-0.25, -0.2) is 0 Å². The molecule has 1 amide bonds. The molecule has 20 heavy (non-hydrogen) atoms. The van der Waals surface area contributed by atoms with E-state index in [0.29, 0.717) is 18.1 Å². The maximum Gasteiger partial charge on any atom is 0.270 e. The number of aromatic nitrogens is 4. The summed E-state index contributed by atoms with van der Waals surface area (Å²) in [6.45, 7) is 3.27. The minimum Gasteiger partial charge on any atom is -0.385 e. The summed E-state index contributed by atoms with van der Waals surface area (Å²) in [6, 6.07) is 3.58. The van der Waals surface area contributed by atoms with Gasteiger partial charge < -0.3 is 15.2 Å². The molecule has 2 heterocycles. The van der Waals surface area contributed by atoms with Crippen molar-refractivity contribution < 1.29 is 4.79 Å². The van der Waals surface area contributed by atoms with Crippen LogP contribution < -0.4 is 10.6 Å². The van der Waals surface area contributed by atoms with E-state index in [-0.39, 0.29) is 5.91 Å². The largest absolute Gasteiger partial charge is 0.385 e. The lowest BCUT2D eigenvalue weighted by atomic mass is 10.3. The Bertz CT molecular complexity index is 580. The summed E-state index contributed by atoms with van der Waals surface area (Å²) >= 11 is 0. The zero-order chi connectivity index (χ0) is 14.4. The molecule has 0 bridgehead atoms. The highest BCUT2D eigenvalue weighted by atomic mass is 16.1. The number of carbonyl (C=O) groups is 1. The fourth-order valence-corrected chi connectivity index (χ4v) is 1.65. The van der Waals surface area contributed by atoms with Crippen LogP contribution >= 0.6 is 0 Å². The van der Waals surface area contributed by atoms with Gasteiger partial charge >= 0.3 is 0 Å². The number of hydrogen-bond acceptors (Lipinski definition) is 5. The lowest BCUT2D eigenvalue weighted by Crippen LogP contribution is -2.25. The number of aryl methyl sites for hydroxylation is 1. The zero-order valence-electron chi connectivity index (χ0n) is 11.6. The van der Waals surface area contributed by atoms with Crippen LogP contribution in [0.2, 0.25) is 0 Å². The third kappa shape index (κ3) is 3.53. The van der Waals surface area contributed by atoms with E-state index in [2.05, 4.69) is 32.7 Å². The van der Waals surface area contributed by atoms with Crippen molar-refractivity contribution in [2.24, 2.45) is 7.05 Å². The van der Waals surface area contributed by atoms with Crippen molar-refractivity contribution in [1.82, 2.24) is 25.1 Å². The predicted octanol–water partition coefficient (Wildman–Crippen LogP) is 0.962. The standard InChI is InChI=1S/C13H18N6O/c1-3-5-14-10-4-6-15-11(7-10)13(20)16-8-12-18-17-9-19(12)2/h4,6-7,9H,3,5,8H2,1-2H3,(H,14,15)(H,16,20). The second-order valence-electron chi connectivity index (χ2n) is 4.40. The van der Waals surface area contributed by atoms with E-state index in [9.17, 15) is 4.79 Å². The van der Waals surface area contributed by atoms with Gasteiger partial charge in [0, 0.05) is 25.5 Å². The molecule has 0 saturated heterocycles. The van der Waals surface area contributed by atoms with Crippen LogP contribution in [0, 0.1) is 0 Å². The molecule has 0 aliphatic heterocycles. The first-order chi connectivity index (χ1) is 9.70. The van der Waals surface area contributed by atoms with E-state index < -0.39 is 0 Å². The SMILES string of the molecule is CCCNc1ccnc(C(=O)NCc2nncn2C)c1. The van der Waals surface area contributed by atoms with Crippen LogP contribution in [0.25, 0.3) is 0 Å². The Morgan fingerprint density at radius 1 is 1.45 bits per heavy atom. The Balaban J connectivity index is 1.96. The van der Waals surface area contributed by atoms with E-state index in [1.807, 2.05) is 13.1 Å². The lowest BCUT2D eigenvalue weighted by molar-refractivity contribution is 0.0944. The van der Waals surface area contributed by atoms with Crippen LogP contribution in [-0.2, 0) is 13.6 Å². The Morgan fingerprint density at radius 2 is 2.30 bits per heavy atom. The van der Waals surface area contributed by atoms with Gasteiger partial charge in [-0.3, -0.25) is 9.78 Å². The summed E-state index contributed by atoms with van der Waals surface area (Å²) in [5.74, 6) is 0.465. The average molecular weight is 274 g/mol. The van der Waals surface area contributed by atoms with E-state index in [4.69, 9.17) is 0 Å². The van der Waals surface area contributed by atoms with Gasteiger partial charge in [-0.1, -0.05) is 6.92 Å². The van der Waals surface area contributed by atoms with Crippen LogP contribution in [0.15, 0.2) is 24.7 Å². The van der Waals surface area contributed by atoms with Gasteiger partial charge in [-0.15, -0.1) is 10.2 Å². The molecular formula is C13H18N6O. The molecule has 0 aliphatic carbocycles. The number of carbonyl (C=O) groups excluding carboxylic acids is 1. The number of nitrogens with one attached hydrogen (secondary N) is 2. The Labute approximate surface area is 117 Å². The maximum absolute atomic E-state index is 12.0.